The maximum atomic E-state index is 10.9. The van der Waals surface area contributed by atoms with Gasteiger partial charge >= 0.3 is 0 Å². The molecule has 0 heterocycles. The van der Waals surface area contributed by atoms with Gasteiger partial charge in [-0.1, -0.05) is 0 Å². The molecule has 0 aromatic rings. The summed E-state index contributed by atoms with van der Waals surface area (Å²) >= 11 is 0. The van der Waals surface area contributed by atoms with Crippen LogP contribution in [0, 0.1) is 0 Å². The van der Waals surface area contributed by atoms with Crippen molar-refractivity contribution in [3.05, 3.63) is 0 Å². The van der Waals surface area contributed by atoms with E-state index in [1.54, 1.807) is 0 Å². The summed E-state index contributed by atoms with van der Waals surface area (Å²) in [6.07, 6.45) is 0.260. The average Bonchev–Trinajstić information content (AvgIpc) is 2.17. The van der Waals surface area contributed by atoms with Crippen molar-refractivity contribution >= 4 is 5.91 Å². The molecule has 1 amide bonds. The maximum absolute atomic E-state index is 10.9. The Morgan fingerprint density at radius 2 is 1.93 bits per heavy atom. The van der Waals surface area contributed by atoms with Crippen LogP contribution in [-0.2, 0) is 4.79 Å². The van der Waals surface area contributed by atoms with Gasteiger partial charge in [0.25, 0.3) is 0 Å². The zero-order valence-electron chi connectivity index (χ0n) is 8.44. The van der Waals surface area contributed by atoms with E-state index in [1.165, 1.54) is 0 Å². The molecule has 0 radical (unpaired) electrons. The second-order valence-corrected chi connectivity index (χ2v) is 3.10. The number of amides is 1. The fourth-order valence-electron chi connectivity index (χ4n) is 1.27. The predicted octanol–water partition coefficient (Wildman–Crippen LogP) is -1.96. The van der Waals surface area contributed by atoms with E-state index in [-0.39, 0.29) is 31.6 Å². The summed E-state index contributed by atoms with van der Waals surface area (Å²) in [7, 11) is 0. The van der Waals surface area contributed by atoms with E-state index in [0.717, 1.165) is 0 Å². The molecule has 0 aliphatic carbocycles. The van der Waals surface area contributed by atoms with Gasteiger partial charge in [-0.05, 0) is 6.92 Å². The third-order valence-corrected chi connectivity index (χ3v) is 2.04. The van der Waals surface area contributed by atoms with Crippen molar-refractivity contribution < 1.29 is 15.0 Å². The fourth-order valence-corrected chi connectivity index (χ4v) is 1.27. The second kappa shape index (κ2) is 7.69. The van der Waals surface area contributed by atoms with Crippen LogP contribution in [0.1, 0.15) is 13.3 Å². The molecule has 0 aromatic heterocycles. The van der Waals surface area contributed by atoms with Gasteiger partial charge in [-0.25, -0.2) is 5.84 Å². The summed E-state index contributed by atoms with van der Waals surface area (Å²) in [6, 6.07) is -0.0437. The summed E-state index contributed by atoms with van der Waals surface area (Å²) in [5.74, 6) is 4.70. The number of rotatable bonds is 7. The van der Waals surface area contributed by atoms with Crippen molar-refractivity contribution in [2.45, 2.75) is 19.4 Å². The molecular weight excluding hydrogens is 186 g/mol. The first-order valence-electron chi connectivity index (χ1n) is 4.61. The highest BCUT2D eigenvalue weighted by Gasteiger charge is 2.15. The molecule has 1 atom stereocenters. The van der Waals surface area contributed by atoms with Crippen molar-refractivity contribution in [1.82, 2.24) is 10.3 Å². The molecule has 0 fully saturated rings. The molecule has 0 saturated carbocycles. The molecule has 1 unspecified atom stereocenters. The maximum Gasteiger partial charge on any atom is 0.235 e. The van der Waals surface area contributed by atoms with Gasteiger partial charge in [0.2, 0.25) is 5.91 Å². The Labute approximate surface area is 83.7 Å². The summed E-state index contributed by atoms with van der Waals surface area (Å²) in [6.45, 7) is 2.75. The van der Waals surface area contributed by atoms with Gasteiger partial charge in [-0.2, -0.15) is 0 Å². The molecule has 6 heteroatoms. The van der Waals surface area contributed by atoms with Gasteiger partial charge in [-0.3, -0.25) is 15.1 Å². The van der Waals surface area contributed by atoms with Crippen LogP contribution in [0.3, 0.4) is 0 Å². The lowest BCUT2D eigenvalue weighted by Gasteiger charge is -2.26. The molecule has 5 N–H and O–H groups in total. The Bertz CT molecular complexity index is 160. The average molecular weight is 205 g/mol. The van der Waals surface area contributed by atoms with E-state index in [9.17, 15) is 4.79 Å². The summed E-state index contributed by atoms with van der Waals surface area (Å²) in [5.41, 5.74) is 2.04. The number of carbonyl (C=O) groups is 1. The molecule has 0 aromatic carbocycles. The standard InChI is InChI=1S/C8H19N3O3/c1-7(6-8(14)10-9)11(2-4-12)3-5-13/h7,12-13H,2-6,9H2,1H3,(H,10,14). The number of hydrogen-bond acceptors (Lipinski definition) is 5. The smallest absolute Gasteiger partial charge is 0.235 e. The minimum Gasteiger partial charge on any atom is -0.395 e. The highest BCUT2D eigenvalue weighted by molar-refractivity contribution is 5.75. The molecule has 0 spiro atoms. The summed E-state index contributed by atoms with van der Waals surface area (Å²) in [4.78, 5) is 12.8. The first-order chi connectivity index (χ1) is 6.65. The normalized spacial score (nSPS) is 12.9. The van der Waals surface area contributed by atoms with Gasteiger partial charge in [0.05, 0.1) is 13.2 Å². The van der Waals surface area contributed by atoms with Gasteiger partial charge in [0.15, 0.2) is 0 Å². The summed E-state index contributed by atoms with van der Waals surface area (Å²) < 4.78 is 0. The first kappa shape index (κ1) is 13.3. The van der Waals surface area contributed by atoms with Crippen molar-refractivity contribution in [3.63, 3.8) is 0 Å². The van der Waals surface area contributed by atoms with Crippen molar-refractivity contribution in [1.29, 1.82) is 0 Å². The fraction of sp³-hybridized carbons (Fsp3) is 0.875. The number of aliphatic hydroxyl groups is 2. The third kappa shape index (κ3) is 5.13. The molecule has 84 valence electrons. The van der Waals surface area contributed by atoms with E-state index in [4.69, 9.17) is 16.1 Å². The van der Waals surface area contributed by atoms with Crippen LogP contribution < -0.4 is 11.3 Å². The number of hydrazine groups is 1. The molecule has 0 aliphatic rings. The van der Waals surface area contributed by atoms with Gasteiger partial charge in [-0.15, -0.1) is 0 Å². The number of hydrogen-bond donors (Lipinski definition) is 4. The Balaban J connectivity index is 3.99. The van der Waals surface area contributed by atoms with Crippen LogP contribution in [-0.4, -0.2) is 53.4 Å². The largest absolute Gasteiger partial charge is 0.395 e. The highest BCUT2D eigenvalue weighted by Crippen LogP contribution is 2.02. The molecular formula is C8H19N3O3. The number of carbonyl (C=O) groups excluding carboxylic acids is 1. The van der Waals surface area contributed by atoms with Crippen LogP contribution in [0.5, 0.6) is 0 Å². The second-order valence-electron chi connectivity index (χ2n) is 3.10. The molecule has 6 nitrogen and oxygen atoms in total. The van der Waals surface area contributed by atoms with Crippen LogP contribution in [0.4, 0.5) is 0 Å². The van der Waals surface area contributed by atoms with Crippen LogP contribution in [0.2, 0.25) is 0 Å². The van der Waals surface area contributed by atoms with Gasteiger partial charge < -0.3 is 10.2 Å². The van der Waals surface area contributed by atoms with E-state index >= 15 is 0 Å². The van der Waals surface area contributed by atoms with E-state index in [0.29, 0.717) is 13.1 Å². The Morgan fingerprint density at radius 3 is 2.29 bits per heavy atom. The molecule has 0 bridgehead atoms. The van der Waals surface area contributed by atoms with Crippen molar-refractivity contribution in [2.75, 3.05) is 26.3 Å². The predicted molar refractivity (Wildman–Crippen MR) is 52.2 cm³/mol. The zero-order valence-corrected chi connectivity index (χ0v) is 8.44. The van der Waals surface area contributed by atoms with Crippen molar-refractivity contribution in [2.24, 2.45) is 5.84 Å². The third-order valence-electron chi connectivity index (χ3n) is 2.04. The zero-order chi connectivity index (χ0) is 11.0. The Kier molecular flexibility index (Phi) is 7.31. The SMILES string of the molecule is CC(CC(=O)NN)N(CCO)CCO. The number of aliphatic hydroxyl groups excluding tert-OH is 2. The van der Waals surface area contributed by atoms with E-state index in [1.807, 2.05) is 17.2 Å². The molecule has 0 aliphatic heterocycles. The quantitative estimate of drug-likeness (QED) is 0.220. The number of nitrogens with two attached hydrogens (primary N) is 1. The minimum absolute atomic E-state index is 0.00852. The van der Waals surface area contributed by atoms with Gasteiger partial charge in [0, 0.05) is 25.6 Å². The van der Waals surface area contributed by atoms with E-state index in [2.05, 4.69) is 0 Å². The highest BCUT2D eigenvalue weighted by atomic mass is 16.3. The topological polar surface area (TPSA) is 98.8 Å². The van der Waals surface area contributed by atoms with Crippen LogP contribution in [0.25, 0.3) is 0 Å². The molecule has 0 rings (SSSR count). The molecule has 14 heavy (non-hydrogen) atoms. The summed E-state index contributed by atoms with van der Waals surface area (Å²) in [5, 5.41) is 17.5. The lowest BCUT2D eigenvalue weighted by Crippen LogP contribution is -2.42. The Morgan fingerprint density at radius 1 is 1.43 bits per heavy atom. The van der Waals surface area contributed by atoms with Crippen LogP contribution in [0.15, 0.2) is 0 Å². The first-order valence-corrected chi connectivity index (χ1v) is 4.61. The van der Waals surface area contributed by atoms with E-state index < -0.39 is 0 Å². The number of nitrogens with one attached hydrogen (secondary N) is 1. The van der Waals surface area contributed by atoms with Crippen molar-refractivity contribution in [3.8, 4) is 0 Å². The monoisotopic (exact) mass is 205 g/mol. The van der Waals surface area contributed by atoms with Gasteiger partial charge in [0.1, 0.15) is 0 Å². The minimum atomic E-state index is -0.252. The molecule has 0 saturated heterocycles. The lowest BCUT2D eigenvalue weighted by molar-refractivity contribution is -0.122. The number of nitrogens with zero attached hydrogens (tertiary/aromatic N) is 1. The Hall–Kier alpha value is -0.690. The lowest BCUT2D eigenvalue weighted by atomic mass is 10.2. The van der Waals surface area contributed by atoms with Crippen LogP contribution >= 0.6 is 0 Å².